The van der Waals surface area contributed by atoms with Gasteiger partial charge in [0.1, 0.15) is 24.8 Å². The molecule has 0 aliphatic heterocycles. The number of rotatable bonds is 7. The van der Waals surface area contributed by atoms with Crippen molar-refractivity contribution in [3.05, 3.63) is 12.7 Å². The van der Waals surface area contributed by atoms with Crippen LogP contribution in [-0.4, -0.2) is 54.5 Å². The van der Waals surface area contributed by atoms with Crippen LogP contribution in [0.2, 0.25) is 0 Å². The Hall–Kier alpha value is -2.09. The Morgan fingerprint density at radius 2 is 1.95 bits per heavy atom. The molecule has 0 aromatic carbocycles. The molecule has 0 aromatic rings. The monoisotopic (exact) mass is 302 g/mol. The van der Waals surface area contributed by atoms with E-state index in [1.807, 2.05) is 0 Å². The van der Waals surface area contributed by atoms with E-state index in [1.54, 1.807) is 20.8 Å². The normalized spacial score (nSPS) is 12.0. The van der Waals surface area contributed by atoms with Gasteiger partial charge in [0.15, 0.2) is 0 Å². The molecule has 8 heteroatoms. The van der Waals surface area contributed by atoms with Crippen LogP contribution in [0.4, 0.5) is 4.79 Å². The quantitative estimate of drug-likeness (QED) is 0.440. The van der Waals surface area contributed by atoms with Crippen molar-refractivity contribution >= 4 is 18.0 Å². The molecule has 0 rings (SSSR count). The summed E-state index contributed by atoms with van der Waals surface area (Å²) in [5, 5.41) is 13.5. The van der Waals surface area contributed by atoms with Crippen molar-refractivity contribution in [2.24, 2.45) is 0 Å². The van der Waals surface area contributed by atoms with Crippen LogP contribution < -0.4 is 10.6 Å². The fourth-order valence-electron chi connectivity index (χ4n) is 1.13. The molecule has 0 aromatic heterocycles. The number of alkyl carbamates (subject to hydrolysis) is 1. The standard InChI is InChI=1S/C13H22N2O6/c1-5-6-20-10(17)7-14-11(18)9(8-16)15-12(19)21-13(2,3)4/h5,9,16H,1,6-8H2,2-4H3,(H,14,18)(H,15,19)/t9-/m0/s1. The largest absolute Gasteiger partial charge is 0.460 e. The number of aliphatic hydroxyl groups is 1. The van der Waals surface area contributed by atoms with Crippen LogP contribution >= 0.6 is 0 Å². The van der Waals surface area contributed by atoms with E-state index in [1.165, 1.54) is 6.08 Å². The molecule has 0 fully saturated rings. The fraction of sp³-hybridized carbons (Fsp3) is 0.615. The van der Waals surface area contributed by atoms with Gasteiger partial charge >= 0.3 is 12.1 Å². The average molecular weight is 302 g/mol. The smallest absolute Gasteiger partial charge is 0.408 e. The molecule has 0 saturated heterocycles. The first-order valence-electron chi connectivity index (χ1n) is 6.34. The van der Waals surface area contributed by atoms with Gasteiger partial charge in [0.2, 0.25) is 5.91 Å². The molecule has 0 heterocycles. The molecule has 120 valence electrons. The highest BCUT2D eigenvalue weighted by molar-refractivity contribution is 5.88. The molecule has 0 saturated carbocycles. The second-order valence-electron chi connectivity index (χ2n) is 5.07. The topological polar surface area (TPSA) is 114 Å². The highest BCUT2D eigenvalue weighted by atomic mass is 16.6. The third kappa shape index (κ3) is 9.44. The predicted octanol–water partition coefficient (Wildman–Crippen LogP) is -0.283. The number of carbonyl (C=O) groups is 3. The lowest BCUT2D eigenvalue weighted by molar-refractivity contribution is -0.143. The summed E-state index contributed by atoms with van der Waals surface area (Å²) < 4.78 is 9.61. The van der Waals surface area contributed by atoms with Crippen LogP contribution in [-0.2, 0) is 19.1 Å². The summed E-state index contributed by atoms with van der Waals surface area (Å²) in [5.74, 6) is -1.38. The molecule has 3 N–H and O–H groups in total. The van der Waals surface area contributed by atoms with Gasteiger partial charge in [-0.1, -0.05) is 12.7 Å². The second-order valence-corrected chi connectivity index (χ2v) is 5.07. The minimum absolute atomic E-state index is 0.0360. The number of nitrogens with one attached hydrogen (secondary N) is 2. The number of hydrogen-bond donors (Lipinski definition) is 3. The molecule has 0 spiro atoms. The van der Waals surface area contributed by atoms with Gasteiger partial charge in [-0.2, -0.15) is 0 Å². The van der Waals surface area contributed by atoms with Crippen molar-refractivity contribution in [2.45, 2.75) is 32.4 Å². The van der Waals surface area contributed by atoms with E-state index in [4.69, 9.17) is 9.84 Å². The lowest BCUT2D eigenvalue weighted by Crippen LogP contribution is -2.51. The van der Waals surface area contributed by atoms with E-state index >= 15 is 0 Å². The third-order valence-electron chi connectivity index (χ3n) is 1.96. The van der Waals surface area contributed by atoms with Crippen LogP contribution in [0.15, 0.2) is 12.7 Å². The van der Waals surface area contributed by atoms with Crippen LogP contribution in [0, 0.1) is 0 Å². The van der Waals surface area contributed by atoms with Gasteiger partial charge in [-0.05, 0) is 20.8 Å². The van der Waals surface area contributed by atoms with Gasteiger partial charge in [-0.3, -0.25) is 9.59 Å². The van der Waals surface area contributed by atoms with Crippen LogP contribution in [0.1, 0.15) is 20.8 Å². The average Bonchev–Trinajstić information content (AvgIpc) is 2.37. The summed E-state index contributed by atoms with van der Waals surface area (Å²) in [6, 6.07) is -1.22. The van der Waals surface area contributed by atoms with Crippen molar-refractivity contribution < 1.29 is 29.0 Å². The summed E-state index contributed by atoms with van der Waals surface area (Å²) in [6.07, 6.45) is 0.547. The maximum atomic E-state index is 11.7. The molecule has 0 aliphatic rings. The Morgan fingerprint density at radius 3 is 2.43 bits per heavy atom. The number of aliphatic hydroxyl groups excluding tert-OH is 1. The lowest BCUT2D eigenvalue weighted by Gasteiger charge is -2.22. The van der Waals surface area contributed by atoms with Crippen molar-refractivity contribution in [1.82, 2.24) is 10.6 Å². The first-order chi connectivity index (χ1) is 9.69. The van der Waals surface area contributed by atoms with E-state index in [2.05, 4.69) is 21.9 Å². The third-order valence-corrected chi connectivity index (χ3v) is 1.96. The molecule has 21 heavy (non-hydrogen) atoms. The van der Waals surface area contributed by atoms with E-state index in [0.717, 1.165) is 0 Å². The molecule has 0 aliphatic carbocycles. The molecule has 2 amide bonds. The molecule has 0 unspecified atom stereocenters. The van der Waals surface area contributed by atoms with Gasteiger partial charge in [-0.15, -0.1) is 0 Å². The first-order valence-corrected chi connectivity index (χ1v) is 6.34. The number of carbonyl (C=O) groups excluding carboxylic acids is 3. The van der Waals surface area contributed by atoms with Crippen LogP contribution in [0.3, 0.4) is 0 Å². The fourth-order valence-corrected chi connectivity index (χ4v) is 1.13. The molecule has 0 radical (unpaired) electrons. The molecular weight excluding hydrogens is 280 g/mol. The SMILES string of the molecule is C=CCOC(=O)CNC(=O)[C@H](CO)NC(=O)OC(C)(C)C. The molecule has 0 bridgehead atoms. The van der Waals surface area contributed by atoms with Gasteiger partial charge in [0, 0.05) is 0 Å². The number of ether oxygens (including phenoxy) is 2. The summed E-state index contributed by atoms with van der Waals surface area (Å²) in [5.41, 5.74) is -0.727. The minimum atomic E-state index is -1.22. The molecule has 8 nitrogen and oxygen atoms in total. The molecule has 1 atom stereocenters. The predicted molar refractivity (Wildman–Crippen MR) is 74.4 cm³/mol. The van der Waals surface area contributed by atoms with Crippen molar-refractivity contribution in [1.29, 1.82) is 0 Å². The zero-order valence-electron chi connectivity index (χ0n) is 12.5. The Kier molecular flexibility index (Phi) is 8.07. The van der Waals surface area contributed by atoms with Gasteiger partial charge in [-0.25, -0.2) is 4.79 Å². The summed E-state index contributed by atoms with van der Waals surface area (Å²) in [7, 11) is 0. The van der Waals surface area contributed by atoms with E-state index in [0.29, 0.717) is 0 Å². The highest BCUT2D eigenvalue weighted by Gasteiger charge is 2.24. The van der Waals surface area contributed by atoms with Gasteiger partial charge in [0.05, 0.1) is 6.61 Å². The van der Waals surface area contributed by atoms with Crippen molar-refractivity contribution in [3.8, 4) is 0 Å². The summed E-state index contributed by atoms with van der Waals surface area (Å²) >= 11 is 0. The number of esters is 1. The maximum Gasteiger partial charge on any atom is 0.408 e. The van der Waals surface area contributed by atoms with E-state index in [9.17, 15) is 14.4 Å². The Balaban J connectivity index is 4.27. The zero-order valence-corrected chi connectivity index (χ0v) is 12.5. The summed E-state index contributed by atoms with van der Waals surface area (Å²) in [6.45, 7) is 7.39. The second kappa shape index (κ2) is 8.96. The molecular formula is C13H22N2O6. The van der Waals surface area contributed by atoms with E-state index in [-0.39, 0.29) is 13.2 Å². The van der Waals surface area contributed by atoms with Gasteiger partial charge in [0.25, 0.3) is 0 Å². The van der Waals surface area contributed by atoms with Crippen LogP contribution in [0.5, 0.6) is 0 Å². The zero-order chi connectivity index (χ0) is 16.5. The van der Waals surface area contributed by atoms with Crippen molar-refractivity contribution in [2.75, 3.05) is 19.8 Å². The Bertz CT molecular complexity index is 389. The van der Waals surface area contributed by atoms with E-state index < -0.39 is 36.2 Å². The minimum Gasteiger partial charge on any atom is -0.460 e. The lowest BCUT2D eigenvalue weighted by atomic mass is 10.2. The number of amides is 2. The Morgan fingerprint density at radius 1 is 1.33 bits per heavy atom. The van der Waals surface area contributed by atoms with Crippen molar-refractivity contribution in [3.63, 3.8) is 0 Å². The first kappa shape index (κ1) is 18.9. The Labute approximate surface area is 123 Å². The van der Waals surface area contributed by atoms with Gasteiger partial charge < -0.3 is 25.2 Å². The van der Waals surface area contributed by atoms with Crippen LogP contribution in [0.25, 0.3) is 0 Å². The maximum absolute atomic E-state index is 11.7. The highest BCUT2D eigenvalue weighted by Crippen LogP contribution is 2.06. The summed E-state index contributed by atoms with van der Waals surface area (Å²) in [4.78, 5) is 34.3. The number of hydrogen-bond acceptors (Lipinski definition) is 6.